The van der Waals surface area contributed by atoms with Crippen molar-refractivity contribution in [1.29, 1.82) is 0 Å². The van der Waals surface area contributed by atoms with Crippen LogP contribution in [0.3, 0.4) is 0 Å². The minimum absolute atomic E-state index is 0.365. The van der Waals surface area contributed by atoms with E-state index in [0.29, 0.717) is 28.4 Å². The first-order valence-corrected chi connectivity index (χ1v) is 10.9. The lowest BCUT2D eigenvalue weighted by molar-refractivity contribution is 0.443. The Kier molecular flexibility index (Phi) is 6.34. The van der Waals surface area contributed by atoms with Crippen LogP contribution < -0.4 is 5.32 Å². The number of aliphatic imine (C=N–C) groups is 1. The van der Waals surface area contributed by atoms with E-state index in [9.17, 15) is 0 Å². The monoisotopic (exact) mass is 418 g/mol. The van der Waals surface area contributed by atoms with Gasteiger partial charge in [-0.05, 0) is 55.5 Å². The zero-order valence-electron chi connectivity index (χ0n) is 17.3. The Labute approximate surface area is 183 Å². The van der Waals surface area contributed by atoms with Gasteiger partial charge in [0.1, 0.15) is 5.69 Å². The molecule has 1 fully saturated rings. The van der Waals surface area contributed by atoms with Gasteiger partial charge in [0.05, 0.1) is 10.7 Å². The number of halogens is 1. The summed E-state index contributed by atoms with van der Waals surface area (Å²) in [5.74, 6) is 1.99. The molecule has 1 N–H and O–H groups in total. The van der Waals surface area contributed by atoms with Crippen LogP contribution >= 0.6 is 11.6 Å². The fraction of sp³-hybridized carbons (Fsp3) is 0.280. The van der Waals surface area contributed by atoms with E-state index in [1.54, 1.807) is 6.21 Å². The van der Waals surface area contributed by atoms with Gasteiger partial charge in [0.2, 0.25) is 5.95 Å². The summed E-state index contributed by atoms with van der Waals surface area (Å²) in [5, 5.41) is 3.77. The first kappa shape index (κ1) is 20.4. The second kappa shape index (κ2) is 9.31. The van der Waals surface area contributed by atoms with Crippen molar-refractivity contribution in [3.63, 3.8) is 0 Å². The minimum atomic E-state index is 0.365. The molecule has 1 saturated carbocycles. The van der Waals surface area contributed by atoms with Gasteiger partial charge in [0.15, 0.2) is 5.82 Å². The van der Waals surface area contributed by atoms with Gasteiger partial charge in [-0.1, -0.05) is 67.8 Å². The highest BCUT2D eigenvalue weighted by Gasteiger charge is 2.21. The van der Waals surface area contributed by atoms with Gasteiger partial charge in [-0.2, -0.15) is 0 Å². The topological polar surface area (TPSA) is 42.2 Å². The van der Waals surface area contributed by atoms with Crippen LogP contribution in [0.15, 0.2) is 66.2 Å². The minimum Gasteiger partial charge on any atom is -0.325 e. The van der Waals surface area contributed by atoms with E-state index in [4.69, 9.17) is 16.6 Å². The van der Waals surface area contributed by atoms with E-state index in [0.717, 1.165) is 11.4 Å². The molecule has 1 aromatic heterocycles. The van der Waals surface area contributed by atoms with Crippen LogP contribution in [0.25, 0.3) is 10.7 Å². The van der Waals surface area contributed by atoms with Crippen molar-refractivity contribution in [2.24, 2.45) is 4.99 Å². The Hall–Kier alpha value is -2.85. The third kappa shape index (κ3) is 4.34. The lowest BCUT2D eigenvalue weighted by Gasteiger charge is -2.22. The van der Waals surface area contributed by atoms with Gasteiger partial charge >= 0.3 is 0 Å². The lowest BCUT2D eigenvalue weighted by Crippen LogP contribution is -2.05. The third-order valence-corrected chi connectivity index (χ3v) is 5.80. The van der Waals surface area contributed by atoms with Gasteiger partial charge in [0.25, 0.3) is 0 Å². The van der Waals surface area contributed by atoms with Crippen LogP contribution in [0.5, 0.6) is 0 Å². The van der Waals surface area contributed by atoms with Crippen LogP contribution in [0.1, 0.15) is 56.2 Å². The van der Waals surface area contributed by atoms with Crippen molar-refractivity contribution in [1.82, 2.24) is 9.55 Å². The number of nitrogens with zero attached hydrogens (tertiary/aromatic N) is 3. The molecule has 4 rings (SSSR count). The average Bonchev–Trinajstić information content (AvgIpc) is 3.13. The molecule has 0 spiro atoms. The normalized spacial score (nSPS) is 14.9. The molecule has 4 nitrogen and oxygen atoms in total. The number of imidazole rings is 1. The van der Waals surface area contributed by atoms with E-state index in [2.05, 4.69) is 41.2 Å². The van der Waals surface area contributed by atoms with E-state index in [1.165, 1.54) is 37.7 Å². The predicted molar refractivity (Wildman–Crippen MR) is 128 cm³/mol. The summed E-state index contributed by atoms with van der Waals surface area (Å²) in [5.41, 5.74) is 3.93. The summed E-state index contributed by atoms with van der Waals surface area (Å²) < 4.78 is 2.00. The summed E-state index contributed by atoms with van der Waals surface area (Å²) in [4.78, 5) is 9.29. The number of para-hydroxylation sites is 1. The first-order chi connectivity index (χ1) is 14.7. The Balaban J connectivity index is 1.77. The summed E-state index contributed by atoms with van der Waals surface area (Å²) >= 11 is 6.27. The van der Waals surface area contributed by atoms with Crippen molar-refractivity contribution in [3.8, 4) is 5.69 Å². The van der Waals surface area contributed by atoms with Crippen LogP contribution in [0, 0.1) is 0 Å². The maximum atomic E-state index is 6.27. The molecule has 0 unspecified atom stereocenters. The highest BCUT2D eigenvalue weighted by molar-refractivity contribution is 6.48. The molecule has 0 aliphatic heterocycles. The van der Waals surface area contributed by atoms with Crippen molar-refractivity contribution in [3.05, 3.63) is 72.4 Å². The van der Waals surface area contributed by atoms with Gasteiger partial charge < -0.3 is 5.32 Å². The number of hydrogen-bond donors (Lipinski definition) is 1. The summed E-state index contributed by atoms with van der Waals surface area (Å²) in [6.45, 7) is 5.77. The summed E-state index contributed by atoms with van der Waals surface area (Å²) in [7, 11) is 0. The third-order valence-electron chi connectivity index (χ3n) is 5.62. The van der Waals surface area contributed by atoms with Crippen LogP contribution in [0.2, 0.25) is 0 Å². The average molecular weight is 419 g/mol. The molecule has 0 bridgehead atoms. The van der Waals surface area contributed by atoms with Gasteiger partial charge in [0, 0.05) is 11.9 Å². The van der Waals surface area contributed by atoms with Crippen molar-refractivity contribution < 1.29 is 0 Å². The van der Waals surface area contributed by atoms with Crippen molar-refractivity contribution in [2.75, 3.05) is 5.32 Å². The number of hydrogen-bond acceptors (Lipinski definition) is 3. The number of anilines is 2. The molecule has 0 radical (unpaired) electrons. The standard InChI is InChI=1S/C25H27ClN4/c1-3-27-24-23(18(2)26)29-25(28-21-12-8-5-9-13-21)30(24)22-16-14-20(15-17-22)19-10-6-4-7-11-19/h3,5,8-9,12-17,19H,2,4,6-7,10-11H2,1H3,(H,28,29). The Bertz CT molecular complexity index is 1030. The van der Waals surface area contributed by atoms with Crippen LogP contribution in [-0.4, -0.2) is 15.8 Å². The predicted octanol–water partition coefficient (Wildman–Crippen LogP) is 7.60. The van der Waals surface area contributed by atoms with Crippen molar-refractivity contribution >= 4 is 40.3 Å². The van der Waals surface area contributed by atoms with Crippen molar-refractivity contribution in [2.45, 2.75) is 44.9 Å². The Morgan fingerprint density at radius 2 is 1.80 bits per heavy atom. The molecule has 1 aliphatic carbocycles. The number of benzene rings is 2. The summed E-state index contributed by atoms with van der Waals surface area (Å²) in [6, 6.07) is 18.8. The van der Waals surface area contributed by atoms with E-state index < -0.39 is 0 Å². The lowest BCUT2D eigenvalue weighted by atomic mass is 9.84. The van der Waals surface area contributed by atoms with Gasteiger partial charge in [-0.3, -0.25) is 4.57 Å². The van der Waals surface area contributed by atoms with E-state index >= 15 is 0 Å². The summed E-state index contributed by atoms with van der Waals surface area (Å²) in [6.07, 6.45) is 8.34. The Morgan fingerprint density at radius 3 is 2.43 bits per heavy atom. The van der Waals surface area contributed by atoms with E-state index in [-0.39, 0.29) is 0 Å². The fourth-order valence-corrected chi connectivity index (χ4v) is 4.27. The maximum Gasteiger partial charge on any atom is 0.214 e. The van der Waals surface area contributed by atoms with Crippen LogP contribution in [-0.2, 0) is 0 Å². The van der Waals surface area contributed by atoms with Gasteiger partial charge in [-0.25, -0.2) is 9.98 Å². The first-order valence-electron chi connectivity index (χ1n) is 10.6. The van der Waals surface area contributed by atoms with E-state index in [1.807, 2.05) is 41.8 Å². The number of rotatable bonds is 6. The molecule has 2 aromatic carbocycles. The SMILES string of the molecule is C=C(Cl)c1nc(Nc2ccccc2)n(-c2ccc(C3CCCCC3)cc2)c1N=CC. The highest BCUT2D eigenvalue weighted by Crippen LogP contribution is 2.37. The largest absolute Gasteiger partial charge is 0.325 e. The highest BCUT2D eigenvalue weighted by atomic mass is 35.5. The number of aromatic nitrogens is 2. The molecule has 5 heteroatoms. The molecule has 0 amide bonds. The molecule has 154 valence electrons. The zero-order valence-corrected chi connectivity index (χ0v) is 18.1. The zero-order chi connectivity index (χ0) is 20.9. The molecule has 0 saturated heterocycles. The molecule has 1 heterocycles. The van der Waals surface area contributed by atoms with Gasteiger partial charge in [-0.15, -0.1) is 0 Å². The molecule has 0 atom stereocenters. The fourth-order valence-electron chi connectivity index (χ4n) is 4.15. The quantitative estimate of drug-likeness (QED) is 0.419. The second-order valence-corrected chi connectivity index (χ2v) is 8.11. The van der Waals surface area contributed by atoms with Crippen LogP contribution in [0.4, 0.5) is 17.5 Å². The smallest absolute Gasteiger partial charge is 0.214 e. The maximum absolute atomic E-state index is 6.27. The Morgan fingerprint density at radius 1 is 1.10 bits per heavy atom. The molecular weight excluding hydrogens is 392 g/mol. The molecular formula is C25H27ClN4. The molecule has 1 aliphatic rings. The number of nitrogens with one attached hydrogen (secondary N) is 1. The second-order valence-electron chi connectivity index (χ2n) is 7.65. The molecule has 30 heavy (non-hydrogen) atoms. The molecule has 3 aromatic rings.